The predicted molar refractivity (Wildman–Crippen MR) is 130 cm³/mol. The summed E-state index contributed by atoms with van der Waals surface area (Å²) >= 11 is 0. The van der Waals surface area contributed by atoms with E-state index in [1.54, 1.807) is 0 Å². The molecule has 0 spiro atoms. The van der Waals surface area contributed by atoms with Gasteiger partial charge in [0.25, 0.3) is 0 Å². The summed E-state index contributed by atoms with van der Waals surface area (Å²) in [6.45, 7) is 0. The van der Waals surface area contributed by atoms with Gasteiger partial charge in [-0.05, 0) is 40.3 Å². The van der Waals surface area contributed by atoms with E-state index < -0.39 is 0 Å². The van der Waals surface area contributed by atoms with E-state index in [-0.39, 0.29) is 6.04 Å². The van der Waals surface area contributed by atoms with Gasteiger partial charge in [-0.2, -0.15) is 0 Å². The molecule has 1 aromatic heterocycles. The first-order chi connectivity index (χ1) is 15.3. The highest BCUT2D eigenvalue weighted by Gasteiger charge is 2.25. The van der Waals surface area contributed by atoms with Crippen molar-refractivity contribution >= 4 is 16.5 Å². The lowest BCUT2D eigenvalue weighted by atomic mass is 9.91. The second-order valence-electron chi connectivity index (χ2n) is 7.72. The van der Waals surface area contributed by atoms with Crippen LogP contribution in [0.4, 0.5) is 5.69 Å². The molecule has 31 heavy (non-hydrogen) atoms. The van der Waals surface area contributed by atoms with Crippen molar-refractivity contribution < 1.29 is 0 Å². The van der Waals surface area contributed by atoms with E-state index in [2.05, 4.69) is 121 Å². The zero-order chi connectivity index (χ0) is 21.0. The maximum Gasteiger partial charge on any atom is 0.0969 e. The van der Waals surface area contributed by atoms with Gasteiger partial charge in [0.05, 0.1) is 11.7 Å². The molecule has 0 aliphatic carbocycles. The predicted octanol–water partition coefficient (Wildman–Crippen LogP) is 7.13. The Hall–Kier alpha value is -3.91. The van der Waals surface area contributed by atoms with Gasteiger partial charge in [0, 0.05) is 24.3 Å². The largest absolute Gasteiger partial charge is 0.361 e. The van der Waals surface area contributed by atoms with Crippen LogP contribution in [0, 0.1) is 0 Å². The lowest BCUT2D eigenvalue weighted by molar-refractivity contribution is 0.759. The van der Waals surface area contributed by atoms with Gasteiger partial charge in [-0.15, -0.1) is 0 Å². The maximum atomic E-state index is 4.78. The van der Waals surface area contributed by atoms with Crippen LogP contribution >= 0.6 is 0 Å². The number of nitrogens with zero attached hydrogens (tertiary/aromatic N) is 2. The summed E-state index contributed by atoms with van der Waals surface area (Å²) in [5, 5.41) is 2.48. The maximum absolute atomic E-state index is 4.78. The summed E-state index contributed by atoms with van der Waals surface area (Å²) in [6.07, 6.45) is 1.88. The van der Waals surface area contributed by atoms with Gasteiger partial charge in [0.2, 0.25) is 0 Å². The van der Waals surface area contributed by atoms with Gasteiger partial charge in [-0.3, -0.25) is 4.98 Å². The second kappa shape index (κ2) is 8.45. The fourth-order valence-corrected chi connectivity index (χ4v) is 4.38. The van der Waals surface area contributed by atoms with E-state index in [1.807, 2.05) is 12.3 Å². The summed E-state index contributed by atoms with van der Waals surface area (Å²) in [6, 6.07) is 40.4. The molecule has 1 unspecified atom stereocenters. The summed E-state index contributed by atoms with van der Waals surface area (Å²) in [4.78, 5) is 7.13. The second-order valence-corrected chi connectivity index (χ2v) is 7.72. The molecule has 0 amide bonds. The molecule has 0 aliphatic rings. The average molecular weight is 401 g/mol. The minimum Gasteiger partial charge on any atom is -0.361 e. The molecule has 0 saturated carbocycles. The molecule has 0 saturated heterocycles. The normalized spacial score (nSPS) is 11.9. The first kappa shape index (κ1) is 19.1. The van der Waals surface area contributed by atoms with Crippen LogP contribution in [-0.4, -0.2) is 12.0 Å². The first-order valence-electron chi connectivity index (χ1n) is 10.6. The molecule has 1 heterocycles. The van der Waals surface area contributed by atoms with Gasteiger partial charge in [0.15, 0.2) is 0 Å². The Morgan fingerprint density at radius 3 is 2.19 bits per heavy atom. The third-order valence-corrected chi connectivity index (χ3v) is 5.84. The van der Waals surface area contributed by atoms with Crippen LogP contribution in [0.5, 0.6) is 0 Å². The van der Waals surface area contributed by atoms with Crippen molar-refractivity contribution in [2.45, 2.75) is 6.04 Å². The highest BCUT2D eigenvalue weighted by molar-refractivity contribution is 5.94. The highest BCUT2D eigenvalue weighted by Crippen LogP contribution is 2.38. The van der Waals surface area contributed by atoms with Crippen LogP contribution in [0.3, 0.4) is 0 Å². The standard InChI is InChI=1S/C29H24N2/c1-31(28-20-11-15-23-14-5-6-17-25(23)28)29(27-19-9-10-21-30-27)26-18-8-7-16-24(26)22-12-3-2-4-13-22/h2-21,29H,1H3. The summed E-state index contributed by atoms with van der Waals surface area (Å²) in [5.74, 6) is 0. The molecule has 5 rings (SSSR count). The molecule has 150 valence electrons. The average Bonchev–Trinajstić information content (AvgIpc) is 2.85. The van der Waals surface area contributed by atoms with E-state index in [0.29, 0.717) is 0 Å². The molecule has 5 aromatic rings. The van der Waals surface area contributed by atoms with Crippen molar-refractivity contribution in [1.29, 1.82) is 0 Å². The van der Waals surface area contributed by atoms with Crippen LogP contribution in [0.15, 0.2) is 121 Å². The number of hydrogen-bond acceptors (Lipinski definition) is 2. The van der Waals surface area contributed by atoms with Crippen LogP contribution in [-0.2, 0) is 0 Å². The number of anilines is 1. The lowest BCUT2D eigenvalue weighted by Crippen LogP contribution is -2.26. The number of fused-ring (bicyclic) bond motifs is 1. The Bertz CT molecular complexity index is 1290. The molecule has 0 aliphatic heterocycles. The molecule has 2 heteroatoms. The highest BCUT2D eigenvalue weighted by atomic mass is 15.1. The molecule has 0 N–H and O–H groups in total. The van der Waals surface area contributed by atoms with Gasteiger partial charge >= 0.3 is 0 Å². The number of rotatable bonds is 5. The fourth-order valence-electron chi connectivity index (χ4n) is 4.38. The monoisotopic (exact) mass is 400 g/mol. The van der Waals surface area contributed by atoms with E-state index in [4.69, 9.17) is 4.98 Å². The third-order valence-electron chi connectivity index (χ3n) is 5.84. The Labute approximate surface area is 183 Å². The molecule has 0 radical (unpaired) electrons. The molecule has 2 nitrogen and oxygen atoms in total. The quantitative estimate of drug-likeness (QED) is 0.312. The number of benzene rings is 4. The lowest BCUT2D eigenvalue weighted by Gasteiger charge is -2.32. The zero-order valence-electron chi connectivity index (χ0n) is 17.5. The molecule has 0 bridgehead atoms. The molecule has 4 aromatic carbocycles. The van der Waals surface area contributed by atoms with E-state index in [1.165, 1.54) is 33.2 Å². The third kappa shape index (κ3) is 3.69. The van der Waals surface area contributed by atoms with Crippen molar-refractivity contribution in [3.05, 3.63) is 133 Å². The Morgan fingerprint density at radius 1 is 0.645 bits per heavy atom. The van der Waals surface area contributed by atoms with Gasteiger partial charge in [0.1, 0.15) is 0 Å². The van der Waals surface area contributed by atoms with Crippen LogP contribution < -0.4 is 4.90 Å². The summed E-state index contributed by atoms with van der Waals surface area (Å²) < 4.78 is 0. The minimum atomic E-state index is -0.0246. The van der Waals surface area contributed by atoms with E-state index in [0.717, 1.165) is 5.69 Å². The zero-order valence-corrected chi connectivity index (χ0v) is 17.5. The molecular formula is C29H24N2. The SMILES string of the molecule is CN(c1cccc2ccccc12)C(c1ccccn1)c1ccccc1-c1ccccc1. The molecular weight excluding hydrogens is 376 g/mol. The Balaban J connectivity index is 1.72. The smallest absolute Gasteiger partial charge is 0.0969 e. The Morgan fingerprint density at radius 2 is 1.35 bits per heavy atom. The van der Waals surface area contributed by atoms with Crippen LogP contribution in [0.1, 0.15) is 17.3 Å². The molecule has 1 atom stereocenters. The van der Waals surface area contributed by atoms with Crippen LogP contribution in [0.25, 0.3) is 21.9 Å². The van der Waals surface area contributed by atoms with Crippen molar-refractivity contribution in [1.82, 2.24) is 4.98 Å². The summed E-state index contributed by atoms with van der Waals surface area (Å²) in [7, 11) is 2.17. The fraction of sp³-hybridized carbons (Fsp3) is 0.0690. The van der Waals surface area contributed by atoms with Crippen molar-refractivity contribution in [2.24, 2.45) is 0 Å². The number of aromatic nitrogens is 1. The van der Waals surface area contributed by atoms with E-state index >= 15 is 0 Å². The minimum absolute atomic E-state index is 0.0246. The van der Waals surface area contributed by atoms with Crippen molar-refractivity contribution in [3.8, 4) is 11.1 Å². The van der Waals surface area contributed by atoms with Gasteiger partial charge < -0.3 is 4.90 Å². The first-order valence-corrected chi connectivity index (χ1v) is 10.6. The number of hydrogen-bond donors (Lipinski definition) is 0. The van der Waals surface area contributed by atoms with Crippen molar-refractivity contribution in [2.75, 3.05) is 11.9 Å². The Kier molecular flexibility index (Phi) is 5.20. The van der Waals surface area contributed by atoms with Gasteiger partial charge in [-0.25, -0.2) is 0 Å². The summed E-state index contributed by atoms with van der Waals surface area (Å²) in [5.41, 5.74) is 5.90. The number of pyridine rings is 1. The van der Waals surface area contributed by atoms with Crippen molar-refractivity contribution in [3.63, 3.8) is 0 Å². The van der Waals surface area contributed by atoms with Crippen LogP contribution in [0.2, 0.25) is 0 Å². The topological polar surface area (TPSA) is 16.1 Å². The van der Waals surface area contributed by atoms with Gasteiger partial charge in [-0.1, -0.05) is 97.1 Å². The molecule has 0 fully saturated rings. The van der Waals surface area contributed by atoms with E-state index in [9.17, 15) is 0 Å².